The first-order valence-electron chi connectivity index (χ1n) is 25.6. The highest BCUT2D eigenvalue weighted by Crippen LogP contribution is 2.55. The minimum atomic E-state index is -0.0666. The molecule has 3 aromatic heterocycles. The van der Waals surface area contributed by atoms with Crippen molar-refractivity contribution in [1.29, 1.82) is 0 Å². The molecule has 3 aliphatic heterocycles. The fourth-order valence-electron chi connectivity index (χ4n) is 12.4. The van der Waals surface area contributed by atoms with E-state index in [9.17, 15) is 0 Å². The molecule has 14 rings (SSSR count). The Kier molecular flexibility index (Phi) is 8.50. The van der Waals surface area contributed by atoms with Gasteiger partial charge in [-0.15, -0.1) is 0 Å². The molecule has 348 valence electrons. The molecule has 3 aliphatic rings. The summed E-state index contributed by atoms with van der Waals surface area (Å²) in [6, 6.07) is 54.3. The number of imidazole rings is 1. The summed E-state index contributed by atoms with van der Waals surface area (Å²) in [6.45, 7) is 28.3. The van der Waals surface area contributed by atoms with Crippen LogP contribution in [-0.2, 0) is 21.7 Å². The summed E-state index contributed by atoms with van der Waals surface area (Å²) in [5, 5.41) is 6.27. The summed E-state index contributed by atoms with van der Waals surface area (Å²) >= 11 is 1.96. The van der Waals surface area contributed by atoms with E-state index in [-0.39, 0.29) is 28.4 Å². The quantitative estimate of drug-likeness (QED) is 0.121. The van der Waals surface area contributed by atoms with Gasteiger partial charge in [-0.1, -0.05) is 174 Å². The number of benzene rings is 8. The van der Waals surface area contributed by atoms with Gasteiger partial charge in [0, 0.05) is 53.8 Å². The van der Waals surface area contributed by atoms with Gasteiger partial charge in [0.25, 0.3) is 6.71 Å². The molecule has 0 bridgehead atoms. The Morgan fingerprint density at radius 2 is 1.07 bits per heavy atom. The van der Waals surface area contributed by atoms with Crippen LogP contribution in [-0.4, -0.2) is 20.7 Å². The highest BCUT2D eigenvalue weighted by atomic mass is 32.2. The second-order valence-corrected chi connectivity index (χ2v) is 26.0. The summed E-state index contributed by atoms with van der Waals surface area (Å²) in [7, 11) is 0. The lowest BCUT2D eigenvalue weighted by Crippen LogP contribution is -2.61. The first-order chi connectivity index (χ1) is 33.7. The van der Waals surface area contributed by atoms with E-state index >= 15 is 0 Å². The molecule has 0 radical (unpaired) electrons. The van der Waals surface area contributed by atoms with Gasteiger partial charge in [0.2, 0.25) is 0 Å². The Morgan fingerprint density at radius 3 is 1.82 bits per heavy atom. The highest BCUT2D eigenvalue weighted by molar-refractivity contribution is 7.99. The lowest BCUT2D eigenvalue weighted by Gasteiger charge is -2.45. The maximum atomic E-state index is 5.49. The van der Waals surface area contributed by atoms with Crippen molar-refractivity contribution in [2.24, 2.45) is 0 Å². The number of aromatic nitrogens is 3. The Balaban J connectivity index is 1.18. The number of rotatable bonds is 1. The second-order valence-electron chi connectivity index (χ2n) is 24.9. The van der Waals surface area contributed by atoms with E-state index in [0.717, 1.165) is 27.6 Å². The van der Waals surface area contributed by atoms with Crippen molar-refractivity contribution < 1.29 is 0 Å². The largest absolute Gasteiger partial charge is 0.310 e. The van der Waals surface area contributed by atoms with Gasteiger partial charge in [0.1, 0.15) is 5.65 Å². The zero-order valence-electron chi connectivity index (χ0n) is 43.1. The highest BCUT2D eigenvalue weighted by Gasteiger charge is 2.46. The monoisotopic (exact) mass is 938 g/mol. The van der Waals surface area contributed by atoms with E-state index in [2.05, 4.69) is 236 Å². The number of anilines is 3. The molecule has 0 aliphatic carbocycles. The number of hydrogen-bond acceptors (Lipinski definition) is 3. The SMILES string of the molecule is CC(C)(C)c1ccc2c(c1)Sc1cc(C(C)(C)C)cc3c1N2c1cc(-c2cccc4nc5c6ccccc6c6ccccc6n5c24)cc2c1B3c1cc(C(C)(C)C)cc3c4cc(C(C)(C)C)ccc4n-2c13. The molecule has 0 saturated heterocycles. The van der Waals surface area contributed by atoms with Crippen LogP contribution >= 0.6 is 11.8 Å². The number of nitrogens with zero attached hydrogens (tertiary/aromatic N) is 4. The molecular weight excluding hydrogens is 880 g/mol. The van der Waals surface area contributed by atoms with Crippen LogP contribution in [0.2, 0.25) is 0 Å². The van der Waals surface area contributed by atoms with E-state index in [1.165, 1.54) is 115 Å². The Labute approximate surface area is 421 Å². The lowest BCUT2D eigenvalue weighted by molar-refractivity contribution is 0.588. The Hall–Kier alpha value is -6.76. The lowest BCUT2D eigenvalue weighted by atomic mass is 9.33. The van der Waals surface area contributed by atoms with Crippen molar-refractivity contribution in [1.82, 2.24) is 14.0 Å². The van der Waals surface area contributed by atoms with Crippen LogP contribution in [0.1, 0.15) is 105 Å². The first-order valence-corrected chi connectivity index (χ1v) is 26.4. The summed E-state index contributed by atoms with van der Waals surface area (Å²) in [4.78, 5) is 10.8. The molecule has 11 aromatic rings. The summed E-state index contributed by atoms with van der Waals surface area (Å²) in [5.41, 5.74) is 23.8. The van der Waals surface area contributed by atoms with Gasteiger partial charge in [-0.25, -0.2) is 4.98 Å². The van der Waals surface area contributed by atoms with Crippen molar-refractivity contribution in [3.05, 3.63) is 162 Å². The minimum Gasteiger partial charge on any atom is -0.310 e. The van der Waals surface area contributed by atoms with Gasteiger partial charge in [0.05, 0.1) is 33.4 Å². The molecule has 0 fully saturated rings. The maximum Gasteiger partial charge on any atom is 0.252 e. The number of pyridine rings is 1. The van der Waals surface area contributed by atoms with Crippen molar-refractivity contribution in [2.75, 3.05) is 4.90 Å². The molecule has 71 heavy (non-hydrogen) atoms. The van der Waals surface area contributed by atoms with Gasteiger partial charge in [-0.2, -0.15) is 0 Å². The molecule has 0 atom stereocenters. The zero-order chi connectivity index (χ0) is 49.0. The van der Waals surface area contributed by atoms with Crippen LogP contribution in [0.25, 0.3) is 77.0 Å². The fraction of sp³-hybridized carbons (Fsp3) is 0.246. The molecule has 0 amide bonds. The zero-order valence-corrected chi connectivity index (χ0v) is 43.9. The van der Waals surface area contributed by atoms with Crippen molar-refractivity contribution in [3.8, 4) is 16.8 Å². The standard InChI is InChI=1S/C65H59BN4S/c1-62(2,3)37-24-26-51-45(30-37)46-31-39(64(7,8)9)32-47-58(46)68(51)53-28-36(41-21-17-22-49-59(41)70-50-23-16-15-19-43(50)42-18-13-14-20-44(42)61(70)67-49)29-54-57(53)66(47)48-33-40(65(10,11)12)35-56-60(48)69(54)52-27-25-38(63(4,5)6)34-55(52)71-56/h13-35H,1-12H3. The third-order valence-electron chi connectivity index (χ3n) is 16.2. The van der Waals surface area contributed by atoms with Crippen LogP contribution in [0, 0.1) is 0 Å². The van der Waals surface area contributed by atoms with Crippen LogP contribution in [0.5, 0.6) is 0 Å². The minimum absolute atomic E-state index is 0.00273. The molecule has 6 heteroatoms. The summed E-state index contributed by atoms with van der Waals surface area (Å²) < 4.78 is 5.11. The number of para-hydroxylation sites is 2. The van der Waals surface area contributed by atoms with Crippen LogP contribution < -0.4 is 21.3 Å². The topological polar surface area (TPSA) is 25.5 Å². The van der Waals surface area contributed by atoms with Crippen molar-refractivity contribution >= 4 is 112 Å². The van der Waals surface area contributed by atoms with E-state index < -0.39 is 0 Å². The number of hydrogen-bond donors (Lipinski definition) is 0. The maximum absolute atomic E-state index is 5.49. The molecular formula is C65H59BN4S. The van der Waals surface area contributed by atoms with Crippen LogP contribution in [0.4, 0.5) is 17.1 Å². The third kappa shape index (κ3) is 5.98. The third-order valence-corrected chi connectivity index (χ3v) is 17.3. The van der Waals surface area contributed by atoms with E-state index in [0.29, 0.717) is 0 Å². The van der Waals surface area contributed by atoms with Crippen LogP contribution in [0.15, 0.2) is 149 Å². The molecule has 8 aromatic carbocycles. The van der Waals surface area contributed by atoms with Crippen molar-refractivity contribution in [3.63, 3.8) is 0 Å². The van der Waals surface area contributed by atoms with Crippen molar-refractivity contribution in [2.45, 2.75) is 115 Å². The molecule has 4 nitrogen and oxygen atoms in total. The van der Waals surface area contributed by atoms with E-state index in [1.807, 2.05) is 11.8 Å². The predicted molar refractivity (Wildman–Crippen MR) is 306 cm³/mol. The summed E-state index contributed by atoms with van der Waals surface area (Å²) in [5.74, 6) is 0. The molecule has 0 spiro atoms. The average Bonchev–Trinajstić information content (AvgIpc) is 3.89. The average molecular weight is 939 g/mol. The second kappa shape index (κ2) is 14.0. The smallest absolute Gasteiger partial charge is 0.252 e. The molecule has 0 saturated carbocycles. The Morgan fingerprint density at radius 1 is 0.451 bits per heavy atom. The normalized spacial score (nSPS) is 14.4. The van der Waals surface area contributed by atoms with Gasteiger partial charge in [-0.3, -0.25) is 4.40 Å². The predicted octanol–water partition coefficient (Wildman–Crippen LogP) is 15.8. The number of fused-ring (bicyclic) bond motifs is 17. The summed E-state index contributed by atoms with van der Waals surface area (Å²) in [6.07, 6.45) is 0. The first kappa shape index (κ1) is 43.1. The van der Waals surface area contributed by atoms with Gasteiger partial charge in [0.15, 0.2) is 0 Å². The van der Waals surface area contributed by atoms with E-state index in [1.54, 1.807) is 0 Å². The van der Waals surface area contributed by atoms with E-state index in [4.69, 9.17) is 4.98 Å². The van der Waals surface area contributed by atoms with Gasteiger partial charge in [-0.05, 0) is 132 Å². The van der Waals surface area contributed by atoms with Gasteiger partial charge < -0.3 is 9.47 Å². The fourth-order valence-corrected chi connectivity index (χ4v) is 13.6. The van der Waals surface area contributed by atoms with Gasteiger partial charge >= 0.3 is 0 Å². The molecule has 6 heterocycles. The molecule has 0 unspecified atom stereocenters. The van der Waals surface area contributed by atoms with Crippen LogP contribution in [0.3, 0.4) is 0 Å². The Bertz CT molecular complexity index is 4200. The molecule has 0 N–H and O–H groups in total.